The molecule has 68 heavy (non-hydrogen) atoms. The molecule has 4 aliphatic heterocycles. The zero-order chi connectivity index (χ0) is 48.0. The number of amides is 4. The molecule has 2 fully saturated rings. The first-order valence-corrected chi connectivity index (χ1v) is 22.5. The Morgan fingerprint density at radius 1 is 0.647 bits per heavy atom. The number of hydroxylamine groups is 1. The van der Waals surface area contributed by atoms with E-state index in [1.807, 2.05) is 18.2 Å². The van der Waals surface area contributed by atoms with Crippen molar-refractivity contribution in [1.82, 2.24) is 20.6 Å². The molecule has 3 aromatic carbocycles. The van der Waals surface area contributed by atoms with Gasteiger partial charge in [0.1, 0.15) is 13.2 Å². The van der Waals surface area contributed by atoms with Crippen molar-refractivity contribution in [1.29, 1.82) is 0 Å². The molecule has 0 bridgehead atoms. The summed E-state index contributed by atoms with van der Waals surface area (Å²) in [5, 5.41) is 2.98. The molecule has 4 amide bonds. The predicted molar refractivity (Wildman–Crippen MR) is 251 cm³/mol. The zero-order valence-corrected chi connectivity index (χ0v) is 38.6. The number of aliphatic imine (C=N–C) groups is 2. The van der Waals surface area contributed by atoms with Gasteiger partial charge < -0.3 is 54.0 Å². The molecule has 0 spiro atoms. The van der Waals surface area contributed by atoms with E-state index in [1.165, 1.54) is 14.2 Å². The summed E-state index contributed by atoms with van der Waals surface area (Å²) in [6.45, 7) is 11.7. The number of carbonyl (C=O) groups excluding carboxylic acids is 4. The molecule has 2 saturated heterocycles. The smallest absolute Gasteiger partial charge is 0.257 e. The number of fused-ring (bicyclic) bond motifs is 4. The van der Waals surface area contributed by atoms with Crippen molar-refractivity contribution < 1.29 is 57.2 Å². The van der Waals surface area contributed by atoms with E-state index >= 15 is 0 Å². The highest BCUT2D eigenvalue weighted by Crippen LogP contribution is 2.40. The third-order valence-electron chi connectivity index (χ3n) is 11.4. The van der Waals surface area contributed by atoms with Crippen molar-refractivity contribution in [2.75, 3.05) is 80.1 Å². The monoisotopic (exact) mass is 937 g/mol. The van der Waals surface area contributed by atoms with E-state index in [1.54, 1.807) is 46.5 Å². The van der Waals surface area contributed by atoms with E-state index in [0.29, 0.717) is 97.9 Å². The summed E-state index contributed by atoms with van der Waals surface area (Å²) >= 11 is 0. The van der Waals surface area contributed by atoms with Gasteiger partial charge in [-0.2, -0.15) is 0 Å². The highest BCUT2D eigenvalue weighted by atomic mass is 16.7. The molecular weight excluding hydrogens is 879 g/mol. The normalized spacial score (nSPS) is 17.0. The lowest BCUT2D eigenvalue weighted by Crippen LogP contribution is -2.35. The van der Waals surface area contributed by atoms with E-state index in [0.717, 1.165) is 27.8 Å². The first-order valence-electron chi connectivity index (χ1n) is 22.5. The Bertz CT molecular complexity index is 2290. The summed E-state index contributed by atoms with van der Waals surface area (Å²) < 4.78 is 40.6. The third-order valence-corrected chi connectivity index (χ3v) is 11.4. The Kier molecular flexibility index (Phi) is 17.3. The molecule has 0 aliphatic carbocycles. The molecule has 4 aliphatic rings. The topological polar surface area (TPSA) is 223 Å². The minimum Gasteiger partial charge on any atom is -0.493 e. The van der Waals surface area contributed by atoms with Gasteiger partial charge in [0.05, 0.1) is 95.1 Å². The SMILES string of the molecule is C=C1C[C@H]2C=Nc3cc(OCc4cc(CNC(=O)CCOCCOCCOCCONC(=O)CCN)cc(COc5cc6c(cc5OC)C(=O)N5CC(=C)C[C@H]5C=N6)c4)c(OC)cc3C(=O)N2C1. The van der Waals surface area contributed by atoms with Gasteiger partial charge in [-0.3, -0.25) is 34.0 Å². The molecule has 19 heteroatoms. The van der Waals surface area contributed by atoms with Gasteiger partial charge in [0.2, 0.25) is 11.8 Å². The van der Waals surface area contributed by atoms with Crippen LogP contribution in [0.2, 0.25) is 0 Å². The van der Waals surface area contributed by atoms with Crippen LogP contribution >= 0.6 is 0 Å². The van der Waals surface area contributed by atoms with Crippen LogP contribution in [-0.4, -0.2) is 138 Å². The van der Waals surface area contributed by atoms with E-state index < -0.39 is 0 Å². The van der Waals surface area contributed by atoms with Crippen LogP contribution in [0.1, 0.15) is 63.1 Å². The second-order valence-corrected chi connectivity index (χ2v) is 16.5. The number of nitrogens with two attached hydrogens (primary N) is 1. The van der Waals surface area contributed by atoms with Crippen LogP contribution in [0.25, 0.3) is 0 Å². The molecule has 7 rings (SSSR count). The number of benzene rings is 3. The van der Waals surface area contributed by atoms with Gasteiger partial charge in [0, 0.05) is 63.6 Å². The zero-order valence-electron chi connectivity index (χ0n) is 38.6. The molecule has 0 saturated carbocycles. The number of nitrogens with one attached hydrogen (secondary N) is 2. The minimum absolute atomic E-state index is 0.102. The second-order valence-electron chi connectivity index (χ2n) is 16.5. The van der Waals surface area contributed by atoms with Crippen LogP contribution in [0.5, 0.6) is 23.0 Å². The first kappa shape index (κ1) is 49.3. The van der Waals surface area contributed by atoms with E-state index in [4.69, 9.17) is 43.7 Å². The fourth-order valence-corrected chi connectivity index (χ4v) is 8.05. The third kappa shape index (κ3) is 12.9. The fourth-order valence-electron chi connectivity index (χ4n) is 8.05. The largest absolute Gasteiger partial charge is 0.493 e. The molecule has 3 aromatic rings. The summed E-state index contributed by atoms with van der Waals surface area (Å²) in [4.78, 5) is 69.2. The number of hydrogen-bond donors (Lipinski definition) is 3. The molecule has 4 heterocycles. The predicted octanol–water partition coefficient (Wildman–Crippen LogP) is 4.29. The van der Waals surface area contributed by atoms with Gasteiger partial charge in [0.25, 0.3) is 11.8 Å². The van der Waals surface area contributed by atoms with E-state index in [9.17, 15) is 19.2 Å². The van der Waals surface area contributed by atoms with Crippen molar-refractivity contribution in [3.63, 3.8) is 0 Å². The van der Waals surface area contributed by atoms with Gasteiger partial charge in [-0.1, -0.05) is 36.4 Å². The first-order chi connectivity index (χ1) is 33.0. The van der Waals surface area contributed by atoms with Crippen LogP contribution in [0.3, 0.4) is 0 Å². The molecule has 2 atom stereocenters. The number of ether oxygens (including phenoxy) is 7. The van der Waals surface area contributed by atoms with E-state index in [2.05, 4.69) is 33.9 Å². The van der Waals surface area contributed by atoms with Crippen LogP contribution in [0.15, 0.2) is 76.8 Å². The standard InChI is InChI=1S/C49H59N7O12/c1-31-15-36-25-51-40-22-44(42(61-3)20-38(40)48(59)55(36)27-31)66-29-34-17-33(24-53-46(57)6-8-63-9-10-64-11-12-65-13-14-68-54-47(58)5-7-50)18-35(19-34)30-67-45-23-41-39(21-43(45)62-4)49(60)56-28-32(2)16-37(56)26-52-41/h17-23,25-26,36-37H,1-2,5-16,24,27-30,50H2,3-4H3,(H,53,57)(H,54,58)/t36-,37-/m0/s1. The molecule has 0 unspecified atom stereocenters. The Hall–Kier alpha value is -6.64. The molecule has 19 nitrogen and oxygen atoms in total. The molecule has 4 N–H and O–H groups in total. The quantitative estimate of drug-likeness (QED) is 0.0614. The Labute approximate surface area is 395 Å². The molecule has 362 valence electrons. The van der Waals surface area contributed by atoms with Gasteiger partial charge in [-0.25, -0.2) is 5.48 Å². The number of rotatable bonds is 25. The minimum atomic E-state index is -0.285. The molecule has 0 radical (unpaired) electrons. The summed E-state index contributed by atoms with van der Waals surface area (Å²) in [6.07, 6.45) is 5.21. The lowest BCUT2D eigenvalue weighted by molar-refractivity contribution is -0.134. The highest BCUT2D eigenvalue weighted by molar-refractivity contribution is 6.04. The lowest BCUT2D eigenvalue weighted by atomic mass is 10.1. The Morgan fingerprint density at radius 3 is 1.63 bits per heavy atom. The second kappa shape index (κ2) is 23.9. The summed E-state index contributed by atoms with van der Waals surface area (Å²) in [7, 11) is 3.03. The Balaban J connectivity index is 0.967. The Morgan fingerprint density at radius 2 is 1.13 bits per heavy atom. The van der Waals surface area contributed by atoms with Gasteiger partial charge >= 0.3 is 0 Å². The van der Waals surface area contributed by atoms with Crippen LogP contribution in [0, 0.1) is 0 Å². The maximum Gasteiger partial charge on any atom is 0.257 e. The summed E-state index contributed by atoms with van der Waals surface area (Å²) in [5.41, 5.74) is 13.7. The van der Waals surface area contributed by atoms with Gasteiger partial charge in [-0.15, -0.1) is 0 Å². The summed E-state index contributed by atoms with van der Waals surface area (Å²) in [5.74, 6) is 0.784. The van der Waals surface area contributed by atoms with E-state index in [-0.39, 0.29) is 94.7 Å². The number of carbonyl (C=O) groups is 4. The van der Waals surface area contributed by atoms with Gasteiger partial charge in [0.15, 0.2) is 23.0 Å². The number of nitrogens with zero attached hydrogens (tertiary/aromatic N) is 4. The fraction of sp³-hybridized carbons (Fsp3) is 0.429. The average molecular weight is 938 g/mol. The van der Waals surface area contributed by atoms with Crippen molar-refractivity contribution in [2.24, 2.45) is 15.7 Å². The van der Waals surface area contributed by atoms with Crippen molar-refractivity contribution in [2.45, 2.75) is 57.5 Å². The van der Waals surface area contributed by atoms with Gasteiger partial charge in [-0.05, 0) is 47.7 Å². The highest BCUT2D eigenvalue weighted by Gasteiger charge is 2.35. The van der Waals surface area contributed by atoms with Crippen LogP contribution in [-0.2, 0) is 48.4 Å². The maximum absolute atomic E-state index is 13.6. The summed E-state index contributed by atoms with van der Waals surface area (Å²) in [6, 6.07) is 12.2. The van der Waals surface area contributed by atoms with Crippen LogP contribution < -0.4 is 35.5 Å². The van der Waals surface area contributed by atoms with Crippen molar-refractivity contribution >= 4 is 47.4 Å². The maximum atomic E-state index is 13.6. The van der Waals surface area contributed by atoms with Crippen molar-refractivity contribution in [3.05, 3.63) is 94.6 Å². The van der Waals surface area contributed by atoms with Crippen LogP contribution in [0.4, 0.5) is 11.4 Å². The number of methoxy groups -OCH3 is 2. The number of hydrogen-bond acceptors (Lipinski definition) is 15. The molecule has 0 aromatic heterocycles. The van der Waals surface area contributed by atoms with Crippen molar-refractivity contribution in [3.8, 4) is 23.0 Å². The lowest BCUT2D eigenvalue weighted by Gasteiger charge is -2.20. The average Bonchev–Trinajstić information content (AvgIpc) is 3.85. The molecular formula is C49H59N7O12.